The van der Waals surface area contributed by atoms with Crippen molar-refractivity contribution in [1.82, 2.24) is 9.55 Å². The molecule has 3 nitrogen and oxygen atoms in total. The molecule has 0 spiro atoms. The number of nitrogen functional groups attached to an aromatic ring is 1. The normalized spacial score (nSPS) is 17.2. The molecule has 1 fully saturated rings. The van der Waals surface area contributed by atoms with Gasteiger partial charge in [-0.2, -0.15) is 0 Å². The summed E-state index contributed by atoms with van der Waals surface area (Å²) in [5.41, 5.74) is 10.1. The zero-order valence-electron chi connectivity index (χ0n) is 11.2. The number of para-hydroxylation sites is 1. The smallest absolute Gasteiger partial charge is 0.201 e. The van der Waals surface area contributed by atoms with Gasteiger partial charge in [-0.15, -0.1) is 0 Å². The van der Waals surface area contributed by atoms with Gasteiger partial charge in [0.25, 0.3) is 0 Å². The van der Waals surface area contributed by atoms with Crippen LogP contribution >= 0.6 is 0 Å². The number of fused-ring (bicyclic) bond motifs is 1. The van der Waals surface area contributed by atoms with Crippen molar-refractivity contribution in [2.45, 2.75) is 46.1 Å². The predicted molar refractivity (Wildman–Crippen MR) is 75.5 cm³/mol. The fraction of sp³-hybridized carbons (Fsp3) is 0.533. The second-order valence-electron chi connectivity index (χ2n) is 5.75. The Bertz CT molecular complexity index is 579. The monoisotopic (exact) mass is 243 g/mol. The molecule has 0 atom stereocenters. The molecule has 0 saturated heterocycles. The Morgan fingerprint density at radius 2 is 2.17 bits per heavy atom. The lowest BCUT2D eigenvalue weighted by Gasteiger charge is -2.17. The van der Waals surface area contributed by atoms with Gasteiger partial charge in [0.15, 0.2) is 0 Å². The van der Waals surface area contributed by atoms with Crippen LogP contribution in [0.15, 0.2) is 18.2 Å². The first-order valence-electron chi connectivity index (χ1n) is 6.86. The van der Waals surface area contributed by atoms with Gasteiger partial charge in [0.1, 0.15) is 0 Å². The molecule has 0 unspecified atom stereocenters. The minimum atomic E-state index is 0.499. The van der Waals surface area contributed by atoms with Crippen LogP contribution in [0.2, 0.25) is 0 Å². The molecular formula is C15H21N3. The highest BCUT2D eigenvalue weighted by atomic mass is 15.2. The maximum atomic E-state index is 6.11. The number of nitrogens with two attached hydrogens (primary N) is 1. The third-order valence-corrected chi connectivity index (χ3v) is 4.23. The summed E-state index contributed by atoms with van der Waals surface area (Å²) in [5, 5.41) is 0. The molecule has 0 aliphatic heterocycles. The Labute approximate surface area is 108 Å². The van der Waals surface area contributed by atoms with Crippen molar-refractivity contribution in [1.29, 1.82) is 0 Å². The summed E-state index contributed by atoms with van der Waals surface area (Å²) in [4.78, 5) is 4.49. The van der Waals surface area contributed by atoms with Crippen LogP contribution in [0.5, 0.6) is 0 Å². The minimum Gasteiger partial charge on any atom is -0.369 e. The standard InChI is InChI=1S/C15H21N3/c1-3-7-15(8-9-15)10-18-13-11(2)5-4-6-12(13)17-14(18)16/h4-6H,3,7-10H2,1-2H3,(H2,16,17). The number of hydrogen-bond acceptors (Lipinski definition) is 2. The van der Waals surface area contributed by atoms with E-state index < -0.39 is 0 Å². The molecular weight excluding hydrogens is 222 g/mol. The van der Waals surface area contributed by atoms with Crippen molar-refractivity contribution >= 4 is 17.0 Å². The van der Waals surface area contributed by atoms with Crippen LogP contribution in [0.4, 0.5) is 5.95 Å². The molecule has 1 aromatic heterocycles. The van der Waals surface area contributed by atoms with Crippen molar-refractivity contribution in [2.24, 2.45) is 5.41 Å². The Morgan fingerprint density at radius 1 is 1.39 bits per heavy atom. The van der Waals surface area contributed by atoms with Gasteiger partial charge in [-0.05, 0) is 43.2 Å². The average molecular weight is 243 g/mol. The molecule has 1 aliphatic carbocycles. The summed E-state index contributed by atoms with van der Waals surface area (Å²) < 4.78 is 2.23. The van der Waals surface area contributed by atoms with E-state index in [1.165, 1.54) is 36.8 Å². The van der Waals surface area contributed by atoms with Crippen molar-refractivity contribution in [3.63, 3.8) is 0 Å². The van der Waals surface area contributed by atoms with E-state index in [1.54, 1.807) is 0 Å². The summed E-state index contributed by atoms with van der Waals surface area (Å²) in [6.45, 7) is 5.44. The fourth-order valence-electron chi connectivity index (χ4n) is 3.07. The Kier molecular flexibility index (Phi) is 2.58. The van der Waals surface area contributed by atoms with Gasteiger partial charge < -0.3 is 10.3 Å². The highest BCUT2D eigenvalue weighted by molar-refractivity contribution is 5.81. The maximum Gasteiger partial charge on any atom is 0.201 e. The highest BCUT2D eigenvalue weighted by Gasteiger charge is 2.42. The van der Waals surface area contributed by atoms with Crippen LogP contribution in [0.3, 0.4) is 0 Å². The summed E-state index contributed by atoms with van der Waals surface area (Å²) in [7, 11) is 0. The molecule has 3 rings (SSSR count). The number of hydrogen-bond donors (Lipinski definition) is 1. The van der Waals surface area contributed by atoms with Crippen LogP contribution in [0.1, 0.15) is 38.2 Å². The molecule has 1 saturated carbocycles. The third-order valence-electron chi connectivity index (χ3n) is 4.23. The number of imidazole rings is 1. The van der Waals surface area contributed by atoms with E-state index >= 15 is 0 Å². The molecule has 2 aromatic rings. The molecule has 18 heavy (non-hydrogen) atoms. The zero-order chi connectivity index (χ0) is 12.8. The van der Waals surface area contributed by atoms with E-state index in [2.05, 4.69) is 35.5 Å². The summed E-state index contributed by atoms with van der Waals surface area (Å²) in [6.07, 6.45) is 5.24. The van der Waals surface area contributed by atoms with E-state index in [9.17, 15) is 0 Å². The highest BCUT2D eigenvalue weighted by Crippen LogP contribution is 2.51. The Hall–Kier alpha value is -1.51. The molecule has 0 radical (unpaired) electrons. The molecule has 96 valence electrons. The van der Waals surface area contributed by atoms with E-state index in [1.807, 2.05) is 6.07 Å². The lowest BCUT2D eigenvalue weighted by Crippen LogP contribution is -2.14. The predicted octanol–water partition coefficient (Wildman–Crippen LogP) is 3.51. The molecule has 1 aromatic carbocycles. The summed E-state index contributed by atoms with van der Waals surface area (Å²) in [5.74, 6) is 0.668. The average Bonchev–Trinajstić information content (AvgIpc) is 3.00. The van der Waals surface area contributed by atoms with Crippen molar-refractivity contribution in [2.75, 3.05) is 5.73 Å². The lowest BCUT2D eigenvalue weighted by atomic mass is 10.0. The molecule has 1 heterocycles. The number of aryl methyl sites for hydroxylation is 1. The first kappa shape index (κ1) is 11.6. The van der Waals surface area contributed by atoms with E-state index in [0.29, 0.717) is 11.4 Å². The van der Waals surface area contributed by atoms with E-state index in [4.69, 9.17) is 5.73 Å². The van der Waals surface area contributed by atoms with E-state index in [0.717, 1.165) is 12.1 Å². The zero-order valence-corrected chi connectivity index (χ0v) is 11.2. The first-order valence-corrected chi connectivity index (χ1v) is 6.86. The molecule has 1 aliphatic rings. The Morgan fingerprint density at radius 3 is 2.83 bits per heavy atom. The van der Waals surface area contributed by atoms with Crippen LogP contribution in [-0.4, -0.2) is 9.55 Å². The Balaban J connectivity index is 2.03. The van der Waals surface area contributed by atoms with Gasteiger partial charge in [0.05, 0.1) is 11.0 Å². The summed E-state index contributed by atoms with van der Waals surface area (Å²) >= 11 is 0. The molecule has 3 heteroatoms. The second-order valence-corrected chi connectivity index (χ2v) is 5.75. The second kappa shape index (κ2) is 4.01. The van der Waals surface area contributed by atoms with Crippen LogP contribution < -0.4 is 5.73 Å². The van der Waals surface area contributed by atoms with Crippen LogP contribution in [-0.2, 0) is 6.54 Å². The maximum absolute atomic E-state index is 6.11. The van der Waals surface area contributed by atoms with Crippen molar-refractivity contribution in [3.05, 3.63) is 23.8 Å². The molecule has 2 N–H and O–H groups in total. The van der Waals surface area contributed by atoms with Gasteiger partial charge >= 0.3 is 0 Å². The van der Waals surface area contributed by atoms with Gasteiger partial charge in [-0.1, -0.05) is 25.5 Å². The number of anilines is 1. The van der Waals surface area contributed by atoms with Gasteiger partial charge in [0, 0.05) is 6.54 Å². The third kappa shape index (κ3) is 1.78. The number of aromatic nitrogens is 2. The lowest BCUT2D eigenvalue weighted by molar-refractivity contribution is 0.396. The quantitative estimate of drug-likeness (QED) is 0.893. The molecule has 0 bridgehead atoms. The van der Waals surface area contributed by atoms with Crippen LogP contribution in [0, 0.1) is 12.3 Å². The van der Waals surface area contributed by atoms with Crippen LogP contribution in [0.25, 0.3) is 11.0 Å². The van der Waals surface area contributed by atoms with E-state index in [-0.39, 0.29) is 0 Å². The number of nitrogens with zero attached hydrogens (tertiary/aromatic N) is 2. The topological polar surface area (TPSA) is 43.8 Å². The van der Waals surface area contributed by atoms with Gasteiger partial charge in [-0.25, -0.2) is 4.98 Å². The van der Waals surface area contributed by atoms with Gasteiger partial charge in [-0.3, -0.25) is 0 Å². The van der Waals surface area contributed by atoms with Gasteiger partial charge in [0.2, 0.25) is 5.95 Å². The number of rotatable bonds is 4. The SMILES string of the molecule is CCCC1(Cn2c(N)nc3cccc(C)c32)CC1. The first-order chi connectivity index (χ1) is 8.65. The van der Waals surface area contributed by atoms with Crippen molar-refractivity contribution in [3.8, 4) is 0 Å². The van der Waals surface area contributed by atoms with Crippen molar-refractivity contribution < 1.29 is 0 Å². The molecule has 0 amide bonds. The fourth-order valence-corrected chi connectivity index (χ4v) is 3.07. The minimum absolute atomic E-state index is 0.499. The number of benzene rings is 1. The largest absolute Gasteiger partial charge is 0.369 e. The summed E-state index contributed by atoms with van der Waals surface area (Å²) in [6, 6.07) is 6.24.